The van der Waals surface area contributed by atoms with Crippen LogP contribution in [0.15, 0.2) is 51.8 Å². The minimum absolute atomic E-state index is 0.00448. The van der Waals surface area contributed by atoms with Crippen molar-refractivity contribution >= 4 is 45.0 Å². The lowest BCUT2D eigenvalue weighted by Crippen LogP contribution is -2.41. The van der Waals surface area contributed by atoms with E-state index in [0.717, 1.165) is 25.2 Å². The van der Waals surface area contributed by atoms with Crippen LogP contribution in [0.1, 0.15) is 17.5 Å². The largest absolute Gasteiger partial charge is 0.312 e. The van der Waals surface area contributed by atoms with Gasteiger partial charge in [-0.15, -0.1) is 11.8 Å². The number of rotatable bonds is 4. The fraction of sp³-hybridized carbons (Fsp3) is 0.381. The summed E-state index contributed by atoms with van der Waals surface area (Å²) in [6.07, 6.45) is 8.69. The number of halogens is 1. The minimum Gasteiger partial charge on any atom is -0.312 e. The van der Waals surface area contributed by atoms with Crippen LogP contribution in [0.5, 0.6) is 0 Å². The maximum Gasteiger partial charge on any atom is 0.247 e. The lowest BCUT2D eigenvalue weighted by atomic mass is 10.0. The van der Waals surface area contributed by atoms with Crippen molar-refractivity contribution in [1.29, 1.82) is 0 Å². The normalized spacial score (nSPS) is 28.2. The fourth-order valence-electron chi connectivity index (χ4n) is 4.31. The van der Waals surface area contributed by atoms with E-state index in [1.165, 1.54) is 22.9 Å². The van der Waals surface area contributed by atoms with Gasteiger partial charge in [-0.25, -0.2) is 8.42 Å². The van der Waals surface area contributed by atoms with Crippen molar-refractivity contribution in [3.05, 3.63) is 62.9 Å². The van der Waals surface area contributed by atoms with Crippen LogP contribution < -0.4 is 14.9 Å². The van der Waals surface area contributed by atoms with E-state index in [-0.39, 0.29) is 21.3 Å². The van der Waals surface area contributed by atoms with Crippen molar-refractivity contribution in [2.24, 2.45) is 5.92 Å². The number of carbonyl (C=O) groups is 1. The maximum atomic E-state index is 13.0. The molecule has 30 heavy (non-hydrogen) atoms. The Kier molecular flexibility index (Phi) is 5.31. The Morgan fingerprint density at radius 1 is 1.23 bits per heavy atom. The first kappa shape index (κ1) is 20.3. The molecule has 2 N–H and O–H groups in total. The summed E-state index contributed by atoms with van der Waals surface area (Å²) in [5.41, 5.74) is 3.34. The zero-order valence-corrected chi connectivity index (χ0v) is 18.6. The molecule has 0 spiro atoms. The number of nitrogens with one attached hydrogen (secondary N) is 2. The van der Waals surface area contributed by atoms with E-state index in [4.69, 9.17) is 11.6 Å². The van der Waals surface area contributed by atoms with Crippen LogP contribution in [-0.2, 0) is 27.8 Å². The molecule has 1 saturated heterocycles. The van der Waals surface area contributed by atoms with Gasteiger partial charge in [0, 0.05) is 35.0 Å². The van der Waals surface area contributed by atoms with Crippen molar-refractivity contribution in [1.82, 2.24) is 10.0 Å². The molecule has 3 heterocycles. The Morgan fingerprint density at radius 2 is 2.10 bits per heavy atom. The van der Waals surface area contributed by atoms with Gasteiger partial charge in [0.15, 0.2) is 0 Å². The molecule has 1 aliphatic carbocycles. The number of hydrogen-bond donors (Lipinski definition) is 2. The first-order chi connectivity index (χ1) is 14.4. The van der Waals surface area contributed by atoms with Gasteiger partial charge in [0.2, 0.25) is 15.9 Å². The highest BCUT2D eigenvalue weighted by Gasteiger charge is 2.39. The Hall–Kier alpha value is -1.58. The minimum atomic E-state index is -3.76. The molecule has 0 aromatic heterocycles. The molecule has 0 radical (unpaired) electrons. The Bertz CT molecular complexity index is 1100. The van der Waals surface area contributed by atoms with Gasteiger partial charge in [0.25, 0.3) is 0 Å². The standard InChI is InChI=1S/C21H22ClN3O3S2/c22-16-3-1-14-10-20(29-19(14)11-16)30(27,28)24-18-6-8-25(21(18)26)17-4-2-15-12-23-7-5-13(15)9-17/h1-4,9-11,14,18-19,23-24H,5-8,12H2/t14?,18-,19?/m0/s1. The van der Waals surface area contributed by atoms with E-state index in [1.54, 1.807) is 17.1 Å². The quantitative estimate of drug-likeness (QED) is 0.717. The van der Waals surface area contributed by atoms with E-state index >= 15 is 0 Å². The van der Waals surface area contributed by atoms with Gasteiger partial charge in [-0.1, -0.05) is 29.8 Å². The Morgan fingerprint density at radius 3 is 2.97 bits per heavy atom. The molecule has 0 saturated carbocycles. The first-order valence-corrected chi connectivity index (χ1v) is 12.7. The summed E-state index contributed by atoms with van der Waals surface area (Å²) in [7, 11) is -3.76. The van der Waals surface area contributed by atoms with E-state index < -0.39 is 16.1 Å². The monoisotopic (exact) mass is 463 g/mol. The number of sulfonamides is 1. The van der Waals surface area contributed by atoms with E-state index in [9.17, 15) is 13.2 Å². The summed E-state index contributed by atoms with van der Waals surface area (Å²) < 4.78 is 28.8. The van der Waals surface area contributed by atoms with Crippen molar-refractivity contribution in [2.75, 3.05) is 18.0 Å². The highest BCUT2D eigenvalue weighted by Crippen LogP contribution is 2.43. The lowest BCUT2D eigenvalue weighted by Gasteiger charge is -2.22. The van der Waals surface area contributed by atoms with Crippen LogP contribution in [0.4, 0.5) is 5.69 Å². The smallest absolute Gasteiger partial charge is 0.247 e. The third-order valence-corrected chi connectivity index (χ3v) is 9.47. The Labute approximate surface area is 185 Å². The van der Waals surface area contributed by atoms with Gasteiger partial charge in [-0.2, -0.15) is 4.72 Å². The van der Waals surface area contributed by atoms with Gasteiger partial charge >= 0.3 is 0 Å². The van der Waals surface area contributed by atoms with Crippen LogP contribution in [0, 0.1) is 5.92 Å². The van der Waals surface area contributed by atoms with Gasteiger partial charge in [0.1, 0.15) is 10.3 Å². The number of carbonyl (C=O) groups excluding carboxylic acids is 1. The third kappa shape index (κ3) is 3.76. The second-order valence-corrected chi connectivity index (χ2v) is 11.5. The van der Waals surface area contributed by atoms with Crippen LogP contribution in [-0.4, -0.2) is 38.7 Å². The summed E-state index contributed by atoms with van der Waals surface area (Å²) in [5.74, 6) is -0.193. The van der Waals surface area contributed by atoms with E-state index in [1.807, 2.05) is 18.2 Å². The summed E-state index contributed by atoms with van der Waals surface area (Å²) in [5, 5.41) is 3.94. The predicted molar refractivity (Wildman–Crippen MR) is 121 cm³/mol. The Balaban J connectivity index is 1.30. The number of thioether (sulfide) groups is 1. The highest BCUT2D eigenvalue weighted by molar-refractivity contribution is 8.18. The molecule has 158 valence electrons. The molecule has 1 aromatic carbocycles. The molecule has 3 aliphatic heterocycles. The van der Waals surface area contributed by atoms with Gasteiger partial charge < -0.3 is 10.2 Å². The summed E-state index contributed by atoms with van der Waals surface area (Å²) in [6.45, 7) is 2.27. The zero-order valence-electron chi connectivity index (χ0n) is 16.2. The van der Waals surface area contributed by atoms with Crippen LogP contribution in [0.2, 0.25) is 0 Å². The van der Waals surface area contributed by atoms with Crippen molar-refractivity contribution in [2.45, 2.75) is 30.7 Å². The molecule has 2 unspecified atom stereocenters. The molecule has 6 nitrogen and oxygen atoms in total. The molecule has 1 aromatic rings. The molecule has 1 amide bonds. The number of allylic oxidation sites excluding steroid dienone is 4. The lowest BCUT2D eigenvalue weighted by molar-refractivity contribution is -0.118. The average Bonchev–Trinajstić information content (AvgIpc) is 3.31. The topological polar surface area (TPSA) is 78.5 Å². The second kappa shape index (κ2) is 7.84. The molecule has 5 rings (SSSR count). The van der Waals surface area contributed by atoms with Crippen LogP contribution in [0.3, 0.4) is 0 Å². The van der Waals surface area contributed by atoms with Crippen LogP contribution >= 0.6 is 23.4 Å². The maximum absolute atomic E-state index is 13.0. The van der Waals surface area contributed by atoms with Gasteiger partial charge in [0.05, 0.1) is 0 Å². The zero-order chi connectivity index (χ0) is 20.9. The third-order valence-electron chi connectivity index (χ3n) is 5.92. The number of amides is 1. The van der Waals surface area contributed by atoms with Crippen molar-refractivity contribution in [3.63, 3.8) is 0 Å². The number of anilines is 1. The molecular formula is C21H22ClN3O3S2. The molecule has 9 heteroatoms. The van der Waals surface area contributed by atoms with E-state index in [2.05, 4.69) is 22.2 Å². The number of benzene rings is 1. The number of nitrogens with zero attached hydrogens (tertiary/aromatic N) is 1. The molecule has 1 fully saturated rings. The average molecular weight is 464 g/mol. The second-order valence-electron chi connectivity index (χ2n) is 7.89. The predicted octanol–water partition coefficient (Wildman–Crippen LogP) is 2.62. The number of fused-ring (bicyclic) bond motifs is 2. The van der Waals surface area contributed by atoms with E-state index in [0.29, 0.717) is 18.0 Å². The first-order valence-electron chi connectivity index (χ1n) is 10.0. The molecule has 0 bridgehead atoms. The number of hydrogen-bond acceptors (Lipinski definition) is 5. The van der Waals surface area contributed by atoms with Crippen molar-refractivity contribution in [3.8, 4) is 0 Å². The van der Waals surface area contributed by atoms with Crippen LogP contribution in [0.25, 0.3) is 0 Å². The highest BCUT2D eigenvalue weighted by atomic mass is 35.5. The molecule has 3 atom stereocenters. The van der Waals surface area contributed by atoms with Gasteiger partial charge in [-0.3, -0.25) is 4.79 Å². The van der Waals surface area contributed by atoms with Crippen molar-refractivity contribution < 1.29 is 13.2 Å². The summed E-state index contributed by atoms with van der Waals surface area (Å²) >= 11 is 7.31. The fourth-order valence-corrected chi connectivity index (χ4v) is 7.66. The molecule has 4 aliphatic rings. The SMILES string of the molecule is O=C1[C@@H](NS(=O)(=O)C2=CC3C=CC(Cl)=CC3S2)CCN1c1ccc2c(c1)CCNC2. The summed E-state index contributed by atoms with van der Waals surface area (Å²) in [6, 6.07) is 5.32. The molecular weight excluding hydrogens is 442 g/mol. The van der Waals surface area contributed by atoms with Gasteiger partial charge in [-0.05, 0) is 54.8 Å². The summed E-state index contributed by atoms with van der Waals surface area (Å²) in [4.78, 5) is 14.7.